The van der Waals surface area contributed by atoms with Gasteiger partial charge in [0, 0.05) is 40.4 Å². The highest BCUT2D eigenvalue weighted by Crippen LogP contribution is 2.60. The van der Waals surface area contributed by atoms with Crippen molar-refractivity contribution in [3.05, 3.63) is 75.3 Å². The molecule has 4 rings (SSSR count). The van der Waals surface area contributed by atoms with Crippen molar-refractivity contribution in [3.8, 4) is 28.0 Å². The molecule has 0 aliphatic heterocycles. The lowest BCUT2D eigenvalue weighted by Gasteiger charge is -2.32. The number of nitrogens with one attached hydrogen (secondary N) is 1. The fourth-order valence-corrected chi connectivity index (χ4v) is 4.70. The zero-order valence-electron chi connectivity index (χ0n) is 20.4. The molecule has 198 valence electrons. The summed E-state index contributed by atoms with van der Waals surface area (Å²) in [6, 6.07) is 9.18. The Kier molecular flexibility index (Phi) is 7.27. The van der Waals surface area contributed by atoms with Crippen LogP contribution in [0.2, 0.25) is 0 Å². The molecule has 1 aliphatic carbocycles. The fraction of sp³-hybridized carbons (Fsp3) is 0.360. The number of hydrogen-bond donors (Lipinski definition) is 3. The Balaban J connectivity index is 1.97. The minimum absolute atomic E-state index is 0.0163. The number of nitroso groups, excluding NO2 is 1. The lowest BCUT2D eigenvalue weighted by atomic mass is 9.80. The number of halogens is 2. The van der Waals surface area contributed by atoms with Gasteiger partial charge in [-0.15, -0.1) is 4.91 Å². The van der Waals surface area contributed by atoms with Crippen LogP contribution in [-0.4, -0.2) is 57.5 Å². The number of nitrogens with zero attached hydrogens (tertiary/aromatic N) is 6. The predicted octanol–water partition coefficient (Wildman–Crippen LogP) is 4.65. The van der Waals surface area contributed by atoms with Crippen LogP contribution in [0.4, 0.5) is 8.78 Å². The van der Waals surface area contributed by atoms with Crippen molar-refractivity contribution in [1.82, 2.24) is 9.78 Å². The molecule has 1 aliphatic rings. The lowest BCUT2D eigenvalue weighted by Crippen LogP contribution is -2.43. The molecular weight excluding hydrogens is 500 g/mol. The Labute approximate surface area is 215 Å². The van der Waals surface area contributed by atoms with Crippen LogP contribution in [0.15, 0.2) is 59.1 Å². The van der Waals surface area contributed by atoms with E-state index in [1.54, 1.807) is 30.5 Å². The summed E-state index contributed by atoms with van der Waals surface area (Å²) in [4.78, 5) is 15.0. The van der Waals surface area contributed by atoms with Gasteiger partial charge in [0.1, 0.15) is 18.0 Å². The zero-order valence-corrected chi connectivity index (χ0v) is 20.4. The van der Waals surface area contributed by atoms with Gasteiger partial charge in [0.25, 0.3) is 5.92 Å². The number of fused-ring (bicyclic) bond motifs is 3. The summed E-state index contributed by atoms with van der Waals surface area (Å²) >= 11 is 0. The van der Waals surface area contributed by atoms with Crippen LogP contribution < -0.4 is 4.74 Å². The summed E-state index contributed by atoms with van der Waals surface area (Å²) in [5.41, 5.74) is 5.76. The van der Waals surface area contributed by atoms with Crippen LogP contribution >= 0.6 is 0 Å². The highest BCUT2D eigenvalue weighted by atomic mass is 19.3. The summed E-state index contributed by atoms with van der Waals surface area (Å²) in [5, 5.41) is 37.9. The van der Waals surface area contributed by atoms with E-state index in [4.69, 9.17) is 15.7 Å². The molecule has 0 saturated heterocycles. The Hall–Kier alpha value is -4.19. The van der Waals surface area contributed by atoms with E-state index in [0.29, 0.717) is 28.5 Å². The van der Waals surface area contributed by atoms with Crippen molar-refractivity contribution >= 4 is 6.21 Å². The molecule has 3 aromatic rings. The Morgan fingerprint density at radius 3 is 2.71 bits per heavy atom. The molecule has 13 heteroatoms. The molecule has 3 N–H and O–H groups in total. The normalized spacial score (nSPS) is 17.6. The van der Waals surface area contributed by atoms with Crippen LogP contribution in [0.1, 0.15) is 24.5 Å². The van der Waals surface area contributed by atoms with Gasteiger partial charge in [0.15, 0.2) is 0 Å². The molecular formula is C25H25F2N7O4. The number of aliphatic hydroxyl groups excluding tert-OH is 1. The molecule has 11 nitrogen and oxygen atoms in total. The van der Waals surface area contributed by atoms with Crippen LogP contribution in [0.25, 0.3) is 32.7 Å². The fourth-order valence-electron chi connectivity index (χ4n) is 4.70. The molecule has 0 saturated carbocycles. The Morgan fingerprint density at radius 1 is 1.29 bits per heavy atom. The van der Waals surface area contributed by atoms with E-state index in [9.17, 15) is 15.1 Å². The molecule has 2 aromatic carbocycles. The topological polar surface area (TPSA) is 170 Å². The first kappa shape index (κ1) is 26.9. The first-order valence-corrected chi connectivity index (χ1v) is 11.7. The largest absolute Gasteiger partial charge is 0.490 e. The van der Waals surface area contributed by atoms with Gasteiger partial charge in [-0.1, -0.05) is 36.3 Å². The Bertz CT molecular complexity index is 1420. The highest BCUT2D eigenvalue weighted by molar-refractivity contribution is 5.93. The Morgan fingerprint density at radius 2 is 2.05 bits per heavy atom. The summed E-state index contributed by atoms with van der Waals surface area (Å²) in [5.74, 6) is -3.55. The number of aromatic nitrogens is 2. The quantitative estimate of drug-likeness (QED) is 0.103. The minimum atomic E-state index is -3.57. The van der Waals surface area contributed by atoms with Crippen molar-refractivity contribution in [2.75, 3.05) is 19.8 Å². The maximum absolute atomic E-state index is 15.7. The van der Waals surface area contributed by atoms with Gasteiger partial charge in [-0.05, 0) is 39.5 Å². The van der Waals surface area contributed by atoms with Crippen molar-refractivity contribution in [2.24, 2.45) is 10.3 Å². The molecule has 0 amide bonds. The number of ether oxygens (including phenoxy) is 1. The number of benzene rings is 2. The SMILES string of the molecule is CCC(F)(F)[C@@]1(N=O)c2ccccc2-c2c(-c3cnn(CCO)c3)cc(OCC(O)(C=N)CN=[N+]=[N-])cc21. The number of hydrogen-bond acceptors (Lipinski definition) is 8. The predicted molar refractivity (Wildman–Crippen MR) is 135 cm³/mol. The number of rotatable bonds is 12. The second kappa shape index (κ2) is 10.3. The second-order valence-corrected chi connectivity index (χ2v) is 8.94. The first-order valence-electron chi connectivity index (χ1n) is 11.7. The smallest absolute Gasteiger partial charge is 0.284 e. The van der Waals surface area contributed by atoms with Crippen molar-refractivity contribution in [3.63, 3.8) is 0 Å². The van der Waals surface area contributed by atoms with Gasteiger partial charge in [0.05, 0.1) is 25.9 Å². The second-order valence-electron chi connectivity index (χ2n) is 8.94. The molecule has 2 atom stereocenters. The molecule has 1 aromatic heterocycles. The van der Waals surface area contributed by atoms with Crippen molar-refractivity contribution in [2.45, 2.75) is 37.0 Å². The molecule has 1 heterocycles. The van der Waals surface area contributed by atoms with Crippen LogP contribution in [0, 0.1) is 10.3 Å². The van der Waals surface area contributed by atoms with E-state index in [0.717, 1.165) is 0 Å². The average molecular weight is 526 g/mol. The van der Waals surface area contributed by atoms with Crippen LogP contribution in [-0.2, 0) is 12.1 Å². The molecule has 1 unspecified atom stereocenters. The third kappa shape index (κ3) is 4.30. The summed E-state index contributed by atoms with van der Waals surface area (Å²) in [7, 11) is 0. The van der Waals surface area contributed by atoms with E-state index < -0.39 is 36.6 Å². The van der Waals surface area contributed by atoms with Gasteiger partial charge < -0.3 is 20.4 Å². The van der Waals surface area contributed by atoms with Gasteiger partial charge >= 0.3 is 0 Å². The molecule has 0 bridgehead atoms. The van der Waals surface area contributed by atoms with Gasteiger partial charge in [-0.3, -0.25) is 4.68 Å². The number of azide groups is 1. The molecule has 0 spiro atoms. The van der Waals surface area contributed by atoms with E-state index in [1.807, 2.05) is 0 Å². The standard InChI is InChI=1S/C25H25F2N7O4/c1-2-24(26,27)25(32-37)20-6-4-3-5-18(20)22-19(16-11-31-34(12-16)7-8-35)9-17(10-21(22)25)38-15-23(36,13-28)14-30-33-29/h3-6,9-13,28,35-36H,2,7-8,14-15H2,1H3/t23?,25-/m1/s1. The summed E-state index contributed by atoms with van der Waals surface area (Å²) < 4.78 is 38.7. The van der Waals surface area contributed by atoms with E-state index in [1.165, 1.54) is 29.9 Å². The van der Waals surface area contributed by atoms with Crippen molar-refractivity contribution in [1.29, 1.82) is 5.41 Å². The van der Waals surface area contributed by atoms with E-state index in [2.05, 4.69) is 20.3 Å². The summed E-state index contributed by atoms with van der Waals surface area (Å²) in [6.45, 7) is 0.287. The maximum atomic E-state index is 15.7. The molecule has 0 fully saturated rings. The zero-order chi connectivity index (χ0) is 27.6. The third-order valence-corrected chi connectivity index (χ3v) is 6.64. The molecule has 38 heavy (non-hydrogen) atoms. The molecule has 0 radical (unpaired) electrons. The highest BCUT2D eigenvalue weighted by Gasteiger charge is 2.62. The van der Waals surface area contributed by atoms with E-state index in [-0.39, 0.29) is 30.0 Å². The minimum Gasteiger partial charge on any atom is -0.490 e. The van der Waals surface area contributed by atoms with Gasteiger partial charge in [-0.25, -0.2) is 8.78 Å². The van der Waals surface area contributed by atoms with Gasteiger partial charge in [-0.2, -0.15) is 5.10 Å². The van der Waals surface area contributed by atoms with Crippen molar-refractivity contribution < 1.29 is 23.7 Å². The van der Waals surface area contributed by atoms with Gasteiger partial charge in [0.2, 0.25) is 5.54 Å². The van der Waals surface area contributed by atoms with Crippen LogP contribution in [0.3, 0.4) is 0 Å². The third-order valence-electron chi connectivity index (χ3n) is 6.64. The van der Waals surface area contributed by atoms with E-state index >= 15 is 8.78 Å². The average Bonchev–Trinajstić information content (AvgIpc) is 3.51. The number of alkyl halides is 2. The monoisotopic (exact) mass is 525 g/mol. The van der Waals surface area contributed by atoms with Crippen LogP contribution in [0.5, 0.6) is 5.75 Å². The maximum Gasteiger partial charge on any atom is 0.284 e. The first-order chi connectivity index (χ1) is 18.2. The number of aliphatic hydroxyl groups is 2. The summed E-state index contributed by atoms with van der Waals surface area (Å²) in [6.07, 6.45) is 3.12. The lowest BCUT2D eigenvalue weighted by molar-refractivity contribution is -0.0621.